The van der Waals surface area contributed by atoms with Gasteiger partial charge >= 0.3 is 0 Å². The van der Waals surface area contributed by atoms with Gasteiger partial charge in [-0.25, -0.2) is 0 Å². The average Bonchev–Trinajstić information content (AvgIpc) is 3.91. The molecule has 4 aromatic carbocycles. The Hall–Kier alpha value is -3.92. The van der Waals surface area contributed by atoms with Crippen LogP contribution in [-0.4, -0.2) is 70.9 Å². The molecule has 0 N–H and O–H groups in total. The SMILES string of the molecule is c1cc(C(c2ccc(OCC3CO3)cc2)C(c2ccc(OCC3CO3)cc2)c2ccc(OCC3CO3)cc2)ccc1COC1CO1. The molecule has 238 valence electrons. The monoisotopic (exact) mass is 622 g/mol. The van der Waals surface area contributed by atoms with Gasteiger partial charge in [0, 0.05) is 11.8 Å². The second kappa shape index (κ2) is 13.4. The quantitative estimate of drug-likeness (QED) is 0.136. The molecule has 5 unspecified atom stereocenters. The first-order valence-corrected chi connectivity index (χ1v) is 16.1. The van der Waals surface area contributed by atoms with Crippen LogP contribution in [0.4, 0.5) is 0 Å². The maximum Gasteiger partial charge on any atom is 0.181 e. The second-order valence-corrected chi connectivity index (χ2v) is 12.3. The van der Waals surface area contributed by atoms with E-state index in [1.807, 2.05) is 0 Å². The lowest BCUT2D eigenvalue weighted by Crippen LogP contribution is -2.15. The van der Waals surface area contributed by atoms with Gasteiger partial charge in [0.05, 0.1) is 26.4 Å². The fourth-order valence-corrected chi connectivity index (χ4v) is 5.68. The highest BCUT2D eigenvalue weighted by atomic mass is 16.8. The molecule has 4 saturated heterocycles. The molecule has 4 heterocycles. The van der Waals surface area contributed by atoms with Crippen molar-refractivity contribution in [2.24, 2.45) is 0 Å². The van der Waals surface area contributed by atoms with Crippen molar-refractivity contribution in [1.29, 1.82) is 0 Å². The van der Waals surface area contributed by atoms with Crippen LogP contribution in [0, 0.1) is 0 Å². The molecule has 8 heteroatoms. The molecule has 4 aliphatic heterocycles. The van der Waals surface area contributed by atoms with Crippen LogP contribution in [0.15, 0.2) is 97.1 Å². The van der Waals surface area contributed by atoms with Gasteiger partial charge in [-0.2, -0.15) is 0 Å². The Morgan fingerprint density at radius 3 is 1.09 bits per heavy atom. The Kier molecular flexibility index (Phi) is 8.61. The van der Waals surface area contributed by atoms with Crippen molar-refractivity contribution in [3.63, 3.8) is 0 Å². The second-order valence-electron chi connectivity index (χ2n) is 12.3. The molecule has 0 radical (unpaired) electrons. The molecule has 4 aromatic rings. The minimum absolute atomic E-state index is 0.000754. The molecule has 8 rings (SSSR count). The summed E-state index contributed by atoms with van der Waals surface area (Å²) in [5.41, 5.74) is 5.87. The van der Waals surface area contributed by atoms with E-state index < -0.39 is 0 Å². The summed E-state index contributed by atoms with van der Waals surface area (Å²) in [6, 6.07) is 34.2. The van der Waals surface area contributed by atoms with Crippen molar-refractivity contribution < 1.29 is 37.9 Å². The van der Waals surface area contributed by atoms with Gasteiger partial charge in [-0.3, -0.25) is 0 Å². The van der Waals surface area contributed by atoms with Crippen LogP contribution in [-0.2, 0) is 30.3 Å². The molecular formula is C38H38O8. The number of hydrogen-bond acceptors (Lipinski definition) is 8. The summed E-state index contributed by atoms with van der Waals surface area (Å²) in [4.78, 5) is 0. The summed E-state index contributed by atoms with van der Waals surface area (Å²) in [7, 11) is 0. The zero-order chi connectivity index (χ0) is 30.7. The van der Waals surface area contributed by atoms with Crippen molar-refractivity contribution in [2.75, 3.05) is 46.2 Å². The third kappa shape index (κ3) is 7.89. The normalized spacial score (nSPS) is 23.7. The molecule has 0 spiro atoms. The van der Waals surface area contributed by atoms with E-state index >= 15 is 0 Å². The molecule has 46 heavy (non-hydrogen) atoms. The van der Waals surface area contributed by atoms with E-state index in [1.165, 1.54) is 22.3 Å². The Morgan fingerprint density at radius 2 is 0.783 bits per heavy atom. The number of epoxide rings is 4. The van der Waals surface area contributed by atoms with Crippen LogP contribution in [0.2, 0.25) is 0 Å². The zero-order valence-electron chi connectivity index (χ0n) is 25.6. The summed E-state index contributed by atoms with van der Waals surface area (Å²) in [6.45, 7) is 5.23. The molecular weight excluding hydrogens is 584 g/mol. The fourth-order valence-electron chi connectivity index (χ4n) is 5.68. The number of benzene rings is 4. The number of ether oxygens (including phenoxy) is 8. The number of hydrogen-bond donors (Lipinski definition) is 0. The van der Waals surface area contributed by atoms with Crippen molar-refractivity contribution in [2.45, 2.75) is 43.0 Å². The Labute approximate surface area is 269 Å². The standard InChI is InChI=1S/C38H38O8/c1-3-26(4-2-25(1)17-45-36-24-46-36)37(27-5-11-30(12-6-27)39-18-33-21-42-33)38(28-7-13-31(14-8-28)40-19-34-22-43-34)29-9-15-32(16-10-29)41-20-35-23-44-35/h1-16,33-38H,17-24H2. The van der Waals surface area contributed by atoms with Gasteiger partial charge in [0.2, 0.25) is 0 Å². The number of rotatable bonds is 17. The van der Waals surface area contributed by atoms with E-state index in [9.17, 15) is 0 Å². The van der Waals surface area contributed by atoms with Crippen molar-refractivity contribution >= 4 is 0 Å². The molecule has 0 bridgehead atoms. The van der Waals surface area contributed by atoms with Gasteiger partial charge in [0.25, 0.3) is 0 Å². The van der Waals surface area contributed by atoms with Gasteiger partial charge in [0.15, 0.2) is 6.29 Å². The topological polar surface area (TPSA) is 87.0 Å². The highest BCUT2D eigenvalue weighted by Crippen LogP contribution is 2.44. The maximum absolute atomic E-state index is 5.99. The lowest BCUT2D eigenvalue weighted by molar-refractivity contribution is 0.0386. The first-order valence-electron chi connectivity index (χ1n) is 16.1. The van der Waals surface area contributed by atoms with E-state index in [4.69, 9.17) is 37.9 Å². The zero-order valence-corrected chi connectivity index (χ0v) is 25.6. The lowest BCUT2D eigenvalue weighted by Gasteiger charge is -2.30. The summed E-state index contributed by atoms with van der Waals surface area (Å²) in [6.07, 6.45) is 0.547. The van der Waals surface area contributed by atoms with Crippen molar-refractivity contribution in [3.8, 4) is 17.2 Å². The van der Waals surface area contributed by atoms with E-state index in [0.29, 0.717) is 33.0 Å². The van der Waals surface area contributed by atoms with Crippen molar-refractivity contribution in [3.05, 3.63) is 125 Å². The summed E-state index contributed by atoms with van der Waals surface area (Å²) >= 11 is 0. The Balaban J connectivity index is 1.13. The summed E-state index contributed by atoms with van der Waals surface area (Å²) < 4.78 is 45.0. The largest absolute Gasteiger partial charge is 0.491 e. The lowest BCUT2D eigenvalue weighted by atomic mass is 9.73. The minimum atomic E-state index is -0.0727. The van der Waals surface area contributed by atoms with Crippen LogP contribution in [0.1, 0.15) is 39.7 Å². The van der Waals surface area contributed by atoms with Crippen LogP contribution < -0.4 is 14.2 Å². The molecule has 0 saturated carbocycles. The highest BCUT2D eigenvalue weighted by molar-refractivity contribution is 5.48. The Bertz CT molecular complexity index is 1320. The van der Waals surface area contributed by atoms with Gasteiger partial charge in [-0.1, -0.05) is 60.7 Å². The average molecular weight is 623 g/mol. The summed E-state index contributed by atoms with van der Waals surface area (Å²) in [5.74, 6) is 2.51. The molecule has 4 fully saturated rings. The van der Waals surface area contributed by atoms with Gasteiger partial charge in [0.1, 0.15) is 62.0 Å². The van der Waals surface area contributed by atoms with Gasteiger partial charge in [-0.05, 0) is 64.2 Å². The molecule has 4 aliphatic rings. The first kappa shape index (κ1) is 29.5. The molecule has 8 nitrogen and oxygen atoms in total. The predicted molar refractivity (Wildman–Crippen MR) is 170 cm³/mol. The molecule has 0 aliphatic carbocycles. The third-order valence-electron chi connectivity index (χ3n) is 8.64. The van der Waals surface area contributed by atoms with E-state index in [2.05, 4.69) is 97.1 Å². The molecule has 0 amide bonds. The fraction of sp³-hybridized carbons (Fsp3) is 0.368. The van der Waals surface area contributed by atoms with Crippen molar-refractivity contribution in [1.82, 2.24) is 0 Å². The van der Waals surface area contributed by atoms with E-state index in [-0.39, 0.29) is 36.4 Å². The smallest absolute Gasteiger partial charge is 0.181 e. The van der Waals surface area contributed by atoms with Crippen LogP contribution in [0.25, 0.3) is 0 Å². The third-order valence-corrected chi connectivity index (χ3v) is 8.64. The van der Waals surface area contributed by atoms with E-state index in [1.54, 1.807) is 0 Å². The minimum Gasteiger partial charge on any atom is -0.491 e. The van der Waals surface area contributed by atoms with Gasteiger partial charge < -0.3 is 37.9 Å². The first-order chi connectivity index (χ1) is 22.7. The maximum atomic E-state index is 5.99. The molecule has 5 atom stereocenters. The van der Waals surface area contributed by atoms with Gasteiger partial charge in [-0.15, -0.1) is 0 Å². The predicted octanol–water partition coefficient (Wildman–Crippen LogP) is 5.86. The van der Waals surface area contributed by atoms with Crippen LogP contribution >= 0.6 is 0 Å². The van der Waals surface area contributed by atoms with Crippen LogP contribution in [0.5, 0.6) is 17.2 Å². The van der Waals surface area contributed by atoms with Crippen LogP contribution in [0.3, 0.4) is 0 Å². The summed E-state index contributed by atoms with van der Waals surface area (Å²) in [5, 5.41) is 0. The Morgan fingerprint density at radius 1 is 0.457 bits per heavy atom. The molecule has 0 aromatic heterocycles. The van der Waals surface area contributed by atoms with E-state index in [0.717, 1.165) is 42.6 Å². The highest BCUT2D eigenvalue weighted by Gasteiger charge is 2.30.